The first-order valence-corrected chi connectivity index (χ1v) is 9.73. The largest absolute Gasteiger partial charge is 0.512 e. The molecule has 0 bridgehead atoms. The molecule has 0 atom stereocenters. The van der Waals surface area contributed by atoms with Crippen molar-refractivity contribution in [3.8, 4) is 5.88 Å². The standard InChI is InChI=1S/C21H18F3N5O6/c1-29(34)18(30)12-4-2-11(3-5-12)10-15-26-16(17(27-15)35-20(32)33)28-19(31)25-14-8-6-13(7-9-14)21(22,23)24/h2-9,34H,10H2,1H3,(H,26,27)(H,32,33)(H2,25,28,31). The van der Waals surface area contributed by atoms with Crippen molar-refractivity contribution in [3.63, 3.8) is 0 Å². The van der Waals surface area contributed by atoms with Gasteiger partial charge in [-0.3, -0.25) is 15.3 Å². The van der Waals surface area contributed by atoms with Gasteiger partial charge in [-0.1, -0.05) is 12.1 Å². The molecule has 1 aromatic heterocycles. The molecule has 0 aliphatic carbocycles. The smallest absolute Gasteiger partial charge is 0.449 e. The molecule has 0 unspecified atom stereocenters. The van der Waals surface area contributed by atoms with E-state index in [0.717, 1.165) is 24.3 Å². The Morgan fingerprint density at radius 1 is 1.06 bits per heavy atom. The maximum absolute atomic E-state index is 12.7. The molecule has 14 heteroatoms. The molecule has 0 saturated heterocycles. The Bertz CT molecular complexity index is 1220. The van der Waals surface area contributed by atoms with Crippen molar-refractivity contribution in [2.24, 2.45) is 0 Å². The van der Waals surface area contributed by atoms with Crippen molar-refractivity contribution in [1.29, 1.82) is 0 Å². The lowest BCUT2D eigenvalue weighted by atomic mass is 10.1. The number of nitrogens with zero attached hydrogens (tertiary/aromatic N) is 2. The van der Waals surface area contributed by atoms with E-state index in [4.69, 9.17) is 5.11 Å². The van der Waals surface area contributed by atoms with Gasteiger partial charge in [0, 0.05) is 24.7 Å². The number of rotatable bonds is 6. The van der Waals surface area contributed by atoms with Gasteiger partial charge in [-0.25, -0.2) is 14.7 Å². The van der Waals surface area contributed by atoms with E-state index in [9.17, 15) is 32.8 Å². The maximum atomic E-state index is 12.7. The van der Waals surface area contributed by atoms with E-state index in [1.165, 1.54) is 19.2 Å². The molecule has 0 radical (unpaired) electrons. The highest BCUT2D eigenvalue weighted by Gasteiger charge is 2.30. The Kier molecular flexibility index (Phi) is 7.25. The number of imidazole rings is 1. The molecule has 0 spiro atoms. The van der Waals surface area contributed by atoms with Gasteiger partial charge in [-0.05, 0) is 42.0 Å². The Labute approximate surface area is 195 Å². The summed E-state index contributed by atoms with van der Waals surface area (Å²) in [6.45, 7) is 0. The molecule has 5 N–H and O–H groups in total. The van der Waals surface area contributed by atoms with Crippen molar-refractivity contribution in [2.45, 2.75) is 12.6 Å². The summed E-state index contributed by atoms with van der Waals surface area (Å²) in [6.07, 6.45) is -6.09. The number of halogens is 3. The van der Waals surface area contributed by atoms with Gasteiger partial charge in [0.15, 0.2) is 5.82 Å². The van der Waals surface area contributed by atoms with E-state index in [1.807, 2.05) is 0 Å². The fourth-order valence-electron chi connectivity index (χ4n) is 2.89. The highest BCUT2D eigenvalue weighted by molar-refractivity contribution is 6.00. The van der Waals surface area contributed by atoms with Gasteiger partial charge in [0.2, 0.25) is 0 Å². The minimum Gasteiger partial charge on any atom is -0.449 e. The van der Waals surface area contributed by atoms with Crippen LogP contribution in [0.2, 0.25) is 0 Å². The fourth-order valence-corrected chi connectivity index (χ4v) is 2.89. The molecule has 0 fully saturated rings. The van der Waals surface area contributed by atoms with E-state index >= 15 is 0 Å². The quantitative estimate of drug-likeness (QED) is 0.196. The summed E-state index contributed by atoms with van der Waals surface area (Å²) in [5, 5.41) is 23.2. The highest BCUT2D eigenvalue weighted by Crippen LogP contribution is 2.30. The molecule has 184 valence electrons. The molecule has 0 saturated carbocycles. The number of hydrogen-bond acceptors (Lipinski definition) is 6. The van der Waals surface area contributed by atoms with Crippen LogP contribution >= 0.6 is 0 Å². The third-order valence-electron chi connectivity index (χ3n) is 4.48. The third kappa shape index (κ3) is 6.70. The van der Waals surface area contributed by atoms with Crippen LogP contribution in [0.15, 0.2) is 48.5 Å². The molecule has 3 aromatic rings. The monoisotopic (exact) mass is 493 g/mol. The first-order chi connectivity index (χ1) is 16.4. The molecule has 0 aliphatic rings. The summed E-state index contributed by atoms with van der Waals surface area (Å²) in [4.78, 5) is 41.7. The summed E-state index contributed by atoms with van der Waals surface area (Å²) in [5.41, 5.74) is 0.0487. The number of aromatic nitrogens is 2. The second-order valence-corrected chi connectivity index (χ2v) is 7.09. The predicted octanol–water partition coefficient (Wildman–Crippen LogP) is 4.18. The Morgan fingerprint density at radius 3 is 2.23 bits per heavy atom. The molecule has 35 heavy (non-hydrogen) atoms. The number of carboxylic acid groups (broad SMARTS) is 1. The normalized spacial score (nSPS) is 11.0. The van der Waals surface area contributed by atoms with Crippen LogP contribution in [0.1, 0.15) is 27.3 Å². The van der Waals surface area contributed by atoms with Gasteiger partial charge in [0.1, 0.15) is 5.82 Å². The lowest BCUT2D eigenvalue weighted by molar-refractivity contribution is -0.137. The number of H-pyrrole nitrogens is 1. The van der Waals surface area contributed by atoms with E-state index in [0.29, 0.717) is 10.6 Å². The number of benzene rings is 2. The fraction of sp³-hybridized carbons (Fsp3) is 0.143. The number of carbonyl (C=O) groups excluding carboxylic acids is 2. The molecule has 11 nitrogen and oxygen atoms in total. The lowest BCUT2D eigenvalue weighted by Gasteiger charge is -2.09. The summed E-state index contributed by atoms with van der Waals surface area (Å²) in [6, 6.07) is 8.91. The van der Waals surface area contributed by atoms with Crippen LogP contribution in [0.3, 0.4) is 0 Å². The van der Waals surface area contributed by atoms with Gasteiger partial charge in [-0.2, -0.15) is 18.2 Å². The highest BCUT2D eigenvalue weighted by atomic mass is 19.4. The molecule has 1 heterocycles. The summed E-state index contributed by atoms with van der Waals surface area (Å²) < 4.78 is 42.6. The summed E-state index contributed by atoms with van der Waals surface area (Å²) >= 11 is 0. The number of anilines is 2. The number of aromatic amines is 1. The number of alkyl halides is 3. The second kappa shape index (κ2) is 10.1. The Hall–Kier alpha value is -4.59. The molecule has 3 amide bonds. The lowest BCUT2D eigenvalue weighted by Crippen LogP contribution is -2.22. The topological polar surface area (TPSA) is 157 Å². The minimum absolute atomic E-state index is 0.0547. The van der Waals surface area contributed by atoms with Crippen LogP contribution in [0.25, 0.3) is 0 Å². The number of nitrogens with one attached hydrogen (secondary N) is 3. The van der Waals surface area contributed by atoms with Gasteiger partial charge >= 0.3 is 18.4 Å². The SMILES string of the molecule is CN(O)C(=O)c1ccc(Cc2nc(OC(=O)O)c(NC(=O)Nc3ccc(C(F)(F)F)cc3)[nH]2)cc1. The minimum atomic E-state index is -4.53. The Morgan fingerprint density at radius 2 is 1.69 bits per heavy atom. The maximum Gasteiger partial charge on any atom is 0.512 e. The van der Waals surface area contributed by atoms with Crippen LogP contribution in [0, 0.1) is 0 Å². The molecule has 3 rings (SSSR count). The van der Waals surface area contributed by atoms with Crippen molar-refractivity contribution in [1.82, 2.24) is 15.0 Å². The van der Waals surface area contributed by atoms with E-state index in [-0.39, 0.29) is 29.3 Å². The van der Waals surface area contributed by atoms with Gasteiger partial charge < -0.3 is 20.1 Å². The summed E-state index contributed by atoms with van der Waals surface area (Å²) in [5.74, 6) is -1.08. The van der Waals surface area contributed by atoms with Crippen molar-refractivity contribution in [3.05, 3.63) is 71.0 Å². The molecule has 2 aromatic carbocycles. The van der Waals surface area contributed by atoms with Crippen LogP contribution in [-0.2, 0) is 12.6 Å². The first-order valence-electron chi connectivity index (χ1n) is 9.73. The average Bonchev–Trinajstić information content (AvgIpc) is 3.13. The number of urea groups is 1. The van der Waals surface area contributed by atoms with Crippen LogP contribution in [-0.4, -0.2) is 50.5 Å². The van der Waals surface area contributed by atoms with Crippen molar-refractivity contribution >= 4 is 29.6 Å². The van der Waals surface area contributed by atoms with Crippen LogP contribution in [0.4, 0.5) is 34.3 Å². The predicted molar refractivity (Wildman–Crippen MR) is 114 cm³/mol. The van der Waals surface area contributed by atoms with Gasteiger partial charge in [0.05, 0.1) is 5.56 Å². The average molecular weight is 493 g/mol. The van der Waals surface area contributed by atoms with Crippen LogP contribution in [0.5, 0.6) is 5.88 Å². The summed E-state index contributed by atoms with van der Waals surface area (Å²) in [7, 11) is 1.19. The van der Waals surface area contributed by atoms with Crippen LogP contribution < -0.4 is 15.4 Å². The molecular weight excluding hydrogens is 475 g/mol. The Balaban J connectivity index is 1.72. The van der Waals surface area contributed by atoms with E-state index < -0.39 is 35.7 Å². The third-order valence-corrected chi connectivity index (χ3v) is 4.48. The number of ether oxygens (including phenoxy) is 1. The molecule has 0 aliphatic heterocycles. The zero-order valence-corrected chi connectivity index (χ0v) is 17.9. The van der Waals surface area contributed by atoms with Gasteiger partial charge in [-0.15, -0.1) is 0 Å². The van der Waals surface area contributed by atoms with Crippen molar-refractivity contribution < 1.29 is 42.6 Å². The molecular formula is C21H18F3N5O6. The first kappa shape index (κ1) is 25.0. The second-order valence-electron chi connectivity index (χ2n) is 7.09. The number of hydroxylamine groups is 2. The zero-order valence-electron chi connectivity index (χ0n) is 17.9. The van der Waals surface area contributed by atoms with E-state index in [1.54, 1.807) is 12.1 Å². The number of hydrogen-bond donors (Lipinski definition) is 5. The number of carbonyl (C=O) groups is 3. The van der Waals surface area contributed by atoms with Crippen molar-refractivity contribution in [2.75, 3.05) is 17.7 Å². The number of amides is 3. The van der Waals surface area contributed by atoms with Gasteiger partial charge in [0.25, 0.3) is 11.8 Å². The zero-order chi connectivity index (χ0) is 25.8. The van der Waals surface area contributed by atoms with E-state index in [2.05, 4.69) is 25.3 Å².